The third-order valence-corrected chi connectivity index (χ3v) is 5.44. The van der Waals surface area contributed by atoms with Gasteiger partial charge in [0.05, 0.1) is 15.6 Å². The molecule has 0 amide bonds. The molecule has 0 spiro atoms. The number of benzene rings is 1. The minimum atomic E-state index is -3.81. The van der Waals surface area contributed by atoms with Gasteiger partial charge in [0.15, 0.2) is 4.91 Å². The summed E-state index contributed by atoms with van der Waals surface area (Å²) in [6, 6.07) is 7.89. The third kappa shape index (κ3) is 3.15. The van der Waals surface area contributed by atoms with Gasteiger partial charge in [-0.3, -0.25) is 0 Å². The van der Waals surface area contributed by atoms with Gasteiger partial charge in [0, 0.05) is 9.85 Å². The number of aryl methyl sites for hydroxylation is 1. The second-order valence-electron chi connectivity index (χ2n) is 3.87. The van der Waals surface area contributed by atoms with Crippen molar-refractivity contribution in [3.63, 3.8) is 0 Å². The lowest BCUT2D eigenvalue weighted by Gasteiger charge is -2.02. The zero-order chi connectivity index (χ0) is 14.8. The summed E-state index contributed by atoms with van der Waals surface area (Å²) in [4.78, 5) is 3.91. The second kappa shape index (κ2) is 5.87. The fourth-order valence-electron chi connectivity index (χ4n) is 1.49. The van der Waals surface area contributed by atoms with Gasteiger partial charge in [-0.25, -0.2) is 13.4 Å². The van der Waals surface area contributed by atoms with E-state index in [9.17, 15) is 8.42 Å². The molecule has 0 radical (unpaired) electrons. The average Bonchev–Trinajstić information content (AvgIpc) is 2.82. The Hall–Kier alpha value is -1.49. The van der Waals surface area contributed by atoms with Gasteiger partial charge in [-0.1, -0.05) is 15.9 Å². The van der Waals surface area contributed by atoms with Crippen LogP contribution < -0.4 is 0 Å². The molecule has 0 saturated heterocycles. The molecule has 20 heavy (non-hydrogen) atoms. The highest BCUT2D eigenvalue weighted by Crippen LogP contribution is 2.23. The Kier molecular flexibility index (Phi) is 4.38. The van der Waals surface area contributed by atoms with Gasteiger partial charge in [0.25, 0.3) is 0 Å². The molecule has 0 aliphatic rings. The van der Waals surface area contributed by atoms with Gasteiger partial charge in [-0.05, 0) is 37.3 Å². The Morgan fingerprint density at radius 1 is 1.40 bits per heavy atom. The average molecular weight is 369 g/mol. The summed E-state index contributed by atoms with van der Waals surface area (Å²) in [6.45, 7) is 1.82. The molecular weight excluding hydrogens is 360 g/mol. The minimum absolute atomic E-state index is 0.0838. The van der Waals surface area contributed by atoms with Crippen LogP contribution in [0.15, 0.2) is 43.9 Å². The number of aromatic nitrogens is 1. The zero-order valence-corrected chi connectivity index (χ0v) is 13.6. The number of nitriles is 1. The van der Waals surface area contributed by atoms with E-state index >= 15 is 0 Å². The topological polar surface area (TPSA) is 70.8 Å². The minimum Gasteiger partial charge on any atom is -0.242 e. The molecule has 7 heteroatoms. The van der Waals surface area contributed by atoms with Crippen LogP contribution in [0.3, 0.4) is 0 Å². The summed E-state index contributed by atoms with van der Waals surface area (Å²) in [5, 5.41) is 11.6. The van der Waals surface area contributed by atoms with E-state index < -0.39 is 9.84 Å². The molecule has 1 aromatic heterocycles. The van der Waals surface area contributed by atoms with Crippen molar-refractivity contribution in [2.45, 2.75) is 11.8 Å². The smallest absolute Gasteiger partial charge is 0.216 e. The predicted molar refractivity (Wildman–Crippen MR) is 81.8 cm³/mol. The van der Waals surface area contributed by atoms with E-state index in [2.05, 4.69) is 20.9 Å². The fraction of sp³-hybridized carbons (Fsp3) is 0.0769. The number of thiazole rings is 1. The highest BCUT2D eigenvalue weighted by molar-refractivity contribution is 9.10. The molecule has 1 heterocycles. The highest BCUT2D eigenvalue weighted by atomic mass is 79.9. The van der Waals surface area contributed by atoms with Crippen molar-refractivity contribution in [3.05, 3.63) is 49.7 Å². The standard InChI is InChI=1S/C13H9BrN2O2S2/c1-9-16-11(8-19-9)6-13(7-15)20(17,18)12-4-2-10(14)3-5-12/h2-6,8H,1H3/b13-6+. The first-order chi connectivity index (χ1) is 9.43. The van der Waals surface area contributed by atoms with Crippen molar-refractivity contribution in [1.29, 1.82) is 5.26 Å². The van der Waals surface area contributed by atoms with Crippen molar-refractivity contribution < 1.29 is 8.42 Å². The van der Waals surface area contributed by atoms with Crippen LogP contribution in [0.5, 0.6) is 0 Å². The molecular formula is C13H9BrN2O2S2. The van der Waals surface area contributed by atoms with Crippen LogP contribution in [-0.2, 0) is 9.84 Å². The first-order valence-electron chi connectivity index (χ1n) is 5.48. The lowest BCUT2D eigenvalue weighted by atomic mass is 10.4. The number of halogens is 1. The third-order valence-electron chi connectivity index (χ3n) is 2.44. The summed E-state index contributed by atoms with van der Waals surface area (Å²) in [6.07, 6.45) is 1.29. The van der Waals surface area contributed by atoms with Gasteiger partial charge >= 0.3 is 0 Å². The van der Waals surface area contributed by atoms with Crippen LogP contribution in [0.2, 0.25) is 0 Å². The molecule has 2 rings (SSSR count). The second-order valence-corrected chi connectivity index (χ2v) is 7.77. The SMILES string of the molecule is Cc1nc(/C=C(\C#N)S(=O)(=O)c2ccc(Br)cc2)cs1. The largest absolute Gasteiger partial charge is 0.242 e. The van der Waals surface area contributed by atoms with Crippen molar-refractivity contribution >= 4 is 43.2 Å². The zero-order valence-electron chi connectivity index (χ0n) is 10.4. The highest BCUT2D eigenvalue weighted by Gasteiger charge is 2.21. The van der Waals surface area contributed by atoms with Crippen molar-refractivity contribution in [2.75, 3.05) is 0 Å². The predicted octanol–water partition coefficient (Wildman–Crippen LogP) is 3.55. The lowest BCUT2D eigenvalue weighted by Crippen LogP contribution is -2.03. The van der Waals surface area contributed by atoms with Crippen LogP contribution in [0.1, 0.15) is 10.7 Å². The van der Waals surface area contributed by atoms with E-state index in [4.69, 9.17) is 5.26 Å². The molecule has 0 N–H and O–H groups in total. The van der Waals surface area contributed by atoms with Crippen LogP contribution in [0.4, 0.5) is 0 Å². The summed E-state index contributed by atoms with van der Waals surface area (Å²) >= 11 is 4.64. The van der Waals surface area contributed by atoms with Crippen molar-refractivity contribution in [3.8, 4) is 6.07 Å². The number of rotatable bonds is 3. The quantitative estimate of drug-likeness (QED) is 0.776. The summed E-state index contributed by atoms with van der Waals surface area (Å²) in [7, 11) is -3.81. The van der Waals surface area contributed by atoms with Gasteiger partial charge in [0.2, 0.25) is 9.84 Å². The monoisotopic (exact) mass is 368 g/mol. The first kappa shape index (κ1) is 14.9. The van der Waals surface area contributed by atoms with Crippen LogP contribution in [0.25, 0.3) is 6.08 Å². The molecule has 0 atom stereocenters. The first-order valence-corrected chi connectivity index (χ1v) is 8.63. The molecule has 0 aliphatic heterocycles. The summed E-state index contributed by atoms with van der Waals surface area (Å²) in [5.74, 6) is 0. The van der Waals surface area contributed by atoms with Crippen molar-refractivity contribution in [2.24, 2.45) is 0 Å². The number of nitrogens with zero attached hydrogens (tertiary/aromatic N) is 2. The fourth-order valence-corrected chi connectivity index (χ4v) is 3.47. The van der Waals surface area contributed by atoms with Gasteiger partial charge < -0.3 is 0 Å². The van der Waals surface area contributed by atoms with E-state index in [1.54, 1.807) is 23.6 Å². The maximum absolute atomic E-state index is 12.4. The Bertz CT molecular complexity index is 800. The van der Waals surface area contributed by atoms with E-state index in [0.29, 0.717) is 5.69 Å². The maximum atomic E-state index is 12.4. The van der Waals surface area contributed by atoms with Crippen LogP contribution >= 0.6 is 27.3 Å². The summed E-state index contributed by atoms with van der Waals surface area (Å²) < 4.78 is 25.5. The van der Waals surface area contributed by atoms with E-state index in [1.807, 2.05) is 6.92 Å². The molecule has 0 saturated carbocycles. The Morgan fingerprint density at radius 2 is 2.05 bits per heavy atom. The van der Waals surface area contributed by atoms with Gasteiger partial charge in [-0.15, -0.1) is 11.3 Å². The molecule has 0 bridgehead atoms. The molecule has 4 nitrogen and oxygen atoms in total. The lowest BCUT2D eigenvalue weighted by molar-refractivity contribution is 0.603. The van der Waals surface area contributed by atoms with Crippen LogP contribution in [-0.4, -0.2) is 13.4 Å². The number of hydrogen-bond acceptors (Lipinski definition) is 5. The molecule has 0 unspecified atom stereocenters. The molecule has 102 valence electrons. The number of hydrogen-bond donors (Lipinski definition) is 0. The maximum Gasteiger partial charge on any atom is 0.216 e. The number of allylic oxidation sites excluding steroid dienone is 1. The Labute approximate surface area is 129 Å². The van der Waals surface area contributed by atoms with Gasteiger partial charge in [0.1, 0.15) is 6.07 Å². The van der Waals surface area contributed by atoms with E-state index in [-0.39, 0.29) is 9.80 Å². The van der Waals surface area contributed by atoms with Crippen molar-refractivity contribution in [1.82, 2.24) is 4.98 Å². The molecule has 0 fully saturated rings. The Morgan fingerprint density at radius 3 is 2.55 bits per heavy atom. The van der Waals surface area contributed by atoms with Gasteiger partial charge in [-0.2, -0.15) is 5.26 Å². The van der Waals surface area contributed by atoms with E-state index in [1.165, 1.54) is 29.5 Å². The molecule has 1 aromatic carbocycles. The summed E-state index contributed by atoms with van der Waals surface area (Å²) in [5.41, 5.74) is 0.477. The molecule has 0 aliphatic carbocycles. The molecule has 2 aromatic rings. The Balaban J connectivity index is 2.48. The van der Waals surface area contributed by atoms with E-state index in [0.717, 1.165) is 9.48 Å². The van der Waals surface area contributed by atoms with Crippen LogP contribution in [0, 0.1) is 18.3 Å². The normalized spacial score (nSPS) is 12.2. The number of sulfone groups is 1.